The van der Waals surface area contributed by atoms with Crippen molar-refractivity contribution in [1.29, 1.82) is 0 Å². The lowest BCUT2D eigenvalue weighted by Crippen LogP contribution is -2.39. The van der Waals surface area contributed by atoms with Gasteiger partial charge in [-0.1, -0.05) is 32.6 Å². The van der Waals surface area contributed by atoms with Crippen LogP contribution in [0.4, 0.5) is 0 Å². The van der Waals surface area contributed by atoms with Crippen molar-refractivity contribution in [2.75, 3.05) is 6.54 Å². The Morgan fingerprint density at radius 3 is 2.53 bits per heavy atom. The smallest absolute Gasteiger partial charge is 0.0687 e. The van der Waals surface area contributed by atoms with Gasteiger partial charge in [-0.05, 0) is 62.8 Å². The van der Waals surface area contributed by atoms with Crippen LogP contribution in [0.2, 0.25) is 0 Å². The van der Waals surface area contributed by atoms with E-state index in [1.165, 1.54) is 70.6 Å². The van der Waals surface area contributed by atoms with Gasteiger partial charge in [0.1, 0.15) is 0 Å². The third kappa shape index (κ3) is 2.85. The summed E-state index contributed by atoms with van der Waals surface area (Å²) in [5.41, 5.74) is 6.86. The Hall–Kier alpha value is -0.0800. The van der Waals surface area contributed by atoms with Crippen molar-refractivity contribution in [2.45, 2.75) is 89.3 Å². The predicted octanol–water partition coefficient (Wildman–Crippen LogP) is 4.02. The second kappa shape index (κ2) is 5.37. The van der Waals surface area contributed by atoms with Gasteiger partial charge in [-0.15, -0.1) is 0 Å². The van der Waals surface area contributed by atoms with Crippen LogP contribution in [0.5, 0.6) is 0 Å². The molecule has 1 aliphatic heterocycles. The molecule has 0 aromatic heterocycles. The molecule has 3 fully saturated rings. The zero-order chi connectivity index (χ0) is 13.3. The SMILES string of the molecule is CC1CCCC(CN)(CC2CCC3(CCCC3)O2)C1. The highest BCUT2D eigenvalue weighted by Crippen LogP contribution is 2.48. The molecule has 0 radical (unpaired) electrons. The Kier molecular flexibility index (Phi) is 3.92. The highest BCUT2D eigenvalue weighted by molar-refractivity contribution is 4.96. The molecule has 2 aliphatic carbocycles. The van der Waals surface area contributed by atoms with Crippen LogP contribution in [-0.2, 0) is 4.74 Å². The van der Waals surface area contributed by atoms with E-state index in [-0.39, 0.29) is 0 Å². The minimum Gasteiger partial charge on any atom is -0.372 e. The van der Waals surface area contributed by atoms with E-state index < -0.39 is 0 Å². The van der Waals surface area contributed by atoms with Crippen LogP contribution >= 0.6 is 0 Å². The fourth-order valence-electron chi connectivity index (χ4n) is 5.13. The van der Waals surface area contributed by atoms with Gasteiger partial charge < -0.3 is 10.5 Å². The summed E-state index contributed by atoms with van der Waals surface area (Å²) in [5.74, 6) is 0.860. The molecule has 0 amide bonds. The van der Waals surface area contributed by atoms with Gasteiger partial charge in [0.05, 0.1) is 11.7 Å². The summed E-state index contributed by atoms with van der Waals surface area (Å²) in [6, 6.07) is 0. The molecule has 19 heavy (non-hydrogen) atoms. The predicted molar refractivity (Wildman–Crippen MR) is 79.0 cm³/mol. The van der Waals surface area contributed by atoms with E-state index in [0.29, 0.717) is 17.1 Å². The summed E-state index contributed by atoms with van der Waals surface area (Å²) in [7, 11) is 0. The number of rotatable bonds is 3. The number of hydrogen-bond acceptors (Lipinski definition) is 2. The average molecular weight is 265 g/mol. The lowest BCUT2D eigenvalue weighted by atomic mass is 9.67. The van der Waals surface area contributed by atoms with Crippen LogP contribution in [0, 0.1) is 11.3 Å². The van der Waals surface area contributed by atoms with E-state index in [0.717, 1.165) is 12.5 Å². The van der Waals surface area contributed by atoms with Crippen molar-refractivity contribution in [3.8, 4) is 0 Å². The van der Waals surface area contributed by atoms with E-state index in [9.17, 15) is 0 Å². The minimum absolute atomic E-state index is 0.292. The Morgan fingerprint density at radius 2 is 1.84 bits per heavy atom. The third-order valence-electron chi connectivity index (χ3n) is 6.13. The van der Waals surface area contributed by atoms with Gasteiger partial charge in [-0.3, -0.25) is 0 Å². The number of nitrogens with two attached hydrogens (primary N) is 1. The van der Waals surface area contributed by atoms with Crippen molar-refractivity contribution >= 4 is 0 Å². The maximum absolute atomic E-state index is 6.52. The van der Waals surface area contributed by atoms with Gasteiger partial charge in [-0.2, -0.15) is 0 Å². The Balaban J connectivity index is 1.61. The first kappa shape index (κ1) is 13.9. The first-order chi connectivity index (χ1) is 9.15. The lowest BCUT2D eigenvalue weighted by molar-refractivity contribution is -0.0588. The summed E-state index contributed by atoms with van der Waals surface area (Å²) in [4.78, 5) is 0. The second-order valence-corrected chi connectivity index (χ2v) is 7.78. The van der Waals surface area contributed by atoms with Crippen molar-refractivity contribution in [3.05, 3.63) is 0 Å². The van der Waals surface area contributed by atoms with E-state index in [4.69, 9.17) is 10.5 Å². The van der Waals surface area contributed by atoms with Gasteiger partial charge >= 0.3 is 0 Å². The van der Waals surface area contributed by atoms with Crippen LogP contribution in [0.15, 0.2) is 0 Å². The molecule has 2 heteroatoms. The Labute approximate surface area is 118 Å². The Bertz CT molecular complexity index is 310. The molecular formula is C17H31NO. The normalized spacial score (nSPS) is 42.0. The molecule has 2 nitrogen and oxygen atoms in total. The molecule has 3 aliphatic rings. The fraction of sp³-hybridized carbons (Fsp3) is 1.00. The maximum atomic E-state index is 6.52. The summed E-state index contributed by atoms with van der Waals surface area (Å²) < 4.78 is 6.52. The minimum atomic E-state index is 0.292. The molecule has 110 valence electrons. The molecule has 0 bridgehead atoms. The third-order valence-corrected chi connectivity index (χ3v) is 6.13. The summed E-state index contributed by atoms with van der Waals surface area (Å²) in [5, 5.41) is 0. The molecule has 3 rings (SSSR count). The highest BCUT2D eigenvalue weighted by Gasteiger charge is 2.45. The molecule has 0 aromatic carbocycles. The first-order valence-electron chi connectivity index (χ1n) is 8.53. The number of ether oxygens (including phenoxy) is 1. The molecule has 3 unspecified atom stereocenters. The molecule has 1 spiro atoms. The van der Waals surface area contributed by atoms with Crippen molar-refractivity contribution in [2.24, 2.45) is 17.1 Å². The molecule has 1 saturated heterocycles. The van der Waals surface area contributed by atoms with Crippen LogP contribution < -0.4 is 5.73 Å². The fourth-order valence-corrected chi connectivity index (χ4v) is 5.13. The lowest BCUT2D eigenvalue weighted by Gasteiger charge is -2.41. The van der Waals surface area contributed by atoms with E-state index in [2.05, 4.69) is 6.92 Å². The largest absolute Gasteiger partial charge is 0.372 e. The first-order valence-corrected chi connectivity index (χ1v) is 8.53. The van der Waals surface area contributed by atoms with Crippen molar-refractivity contribution < 1.29 is 4.74 Å². The van der Waals surface area contributed by atoms with Crippen molar-refractivity contribution in [1.82, 2.24) is 0 Å². The van der Waals surface area contributed by atoms with Gasteiger partial charge in [0.15, 0.2) is 0 Å². The summed E-state index contributed by atoms with van der Waals surface area (Å²) in [6.45, 7) is 3.27. The van der Waals surface area contributed by atoms with Crippen molar-refractivity contribution in [3.63, 3.8) is 0 Å². The van der Waals surface area contributed by atoms with E-state index >= 15 is 0 Å². The highest BCUT2D eigenvalue weighted by atomic mass is 16.5. The average Bonchev–Trinajstić information content (AvgIpc) is 3.00. The zero-order valence-electron chi connectivity index (χ0n) is 12.6. The van der Waals surface area contributed by atoms with Gasteiger partial charge in [0.2, 0.25) is 0 Å². The standard InChI is InChI=1S/C17H31NO/c1-14-5-4-7-16(11-14,13-18)12-15-6-10-17(19-15)8-2-3-9-17/h14-15H,2-13,18H2,1H3. The topological polar surface area (TPSA) is 35.2 Å². The molecule has 2 N–H and O–H groups in total. The number of hydrogen-bond donors (Lipinski definition) is 1. The Morgan fingerprint density at radius 1 is 1.05 bits per heavy atom. The van der Waals surface area contributed by atoms with Crippen LogP contribution in [0.25, 0.3) is 0 Å². The quantitative estimate of drug-likeness (QED) is 0.836. The molecule has 0 aromatic rings. The van der Waals surface area contributed by atoms with E-state index in [1.54, 1.807) is 0 Å². The van der Waals surface area contributed by atoms with Gasteiger partial charge in [0, 0.05) is 0 Å². The van der Waals surface area contributed by atoms with Crippen LogP contribution in [-0.4, -0.2) is 18.2 Å². The zero-order valence-corrected chi connectivity index (χ0v) is 12.6. The monoisotopic (exact) mass is 265 g/mol. The molecular weight excluding hydrogens is 234 g/mol. The van der Waals surface area contributed by atoms with Gasteiger partial charge in [-0.25, -0.2) is 0 Å². The molecule has 1 heterocycles. The maximum Gasteiger partial charge on any atom is 0.0687 e. The molecule has 3 atom stereocenters. The molecule has 2 saturated carbocycles. The second-order valence-electron chi connectivity index (χ2n) is 7.78. The van der Waals surface area contributed by atoms with Crippen LogP contribution in [0.1, 0.15) is 77.6 Å². The van der Waals surface area contributed by atoms with Crippen LogP contribution in [0.3, 0.4) is 0 Å². The summed E-state index contributed by atoms with van der Waals surface area (Å²) >= 11 is 0. The van der Waals surface area contributed by atoms with Gasteiger partial charge in [0.25, 0.3) is 0 Å². The van der Waals surface area contributed by atoms with E-state index in [1.807, 2.05) is 0 Å². The summed E-state index contributed by atoms with van der Waals surface area (Å²) in [6.07, 6.45) is 15.2.